The molecule has 190 valence electrons. The molecule has 35 heavy (non-hydrogen) atoms. The molecule has 1 fully saturated rings. The number of anilines is 1. The Morgan fingerprint density at radius 2 is 1.83 bits per heavy atom. The van der Waals surface area contributed by atoms with Crippen LogP contribution < -0.4 is 9.64 Å². The number of aromatic nitrogens is 2. The highest BCUT2D eigenvalue weighted by molar-refractivity contribution is 5.77. The predicted octanol–water partition coefficient (Wildman–Crippen LogP) is 5.17. The summed E-state index contributed by atoms with van der Waals surface area (Å²) in [6.07, 6.45) is 10.7. The Bertz CT molecular complexity index is 951. The average Bonchev–Trinajstić information content (AvgIpc) is 2.92. The third-order valence-electron chi connectivity index (χ3n) is 6.81. The second-order valence-electron chi connectivity index (χ2n) is 9.25. The number of benzene rings is 1. The number of hydrogen-bond donors (Lipinski definition) is 0. The van der Waals surface area contributed by atoms with Gasteiger partial charge in [-0.05, 0) is 66.9 Å². The van der Waals surface area contributed by atoms with E-state index in [-0.39, 0.29) is 11.8 Å². The van der Waals surface area contributed by atoms with Crippen molar-refractivity contribution in [1.29, 1.82) is 0 Å². The lowest BCUT2D eigenvalue weighted by Crippen LogP contribution is -2.36. The summed E-state index contributed by atoms with van der Waals surface area (Å²) in [5.74, 6) is 2.13. The Labute approximate surface area is 210 Å². The van der Waals surface area contributed by atoms with Crippen LogP contribution in [-0.4, -0.2) is 54.8 Å². The van der Waals surface area contributed by atoms with Crippen LogP contribution in [0.15, 0.2) is 42.7 Å². The number of amides is 1. The van der Waals surface area contributed by atoms with Gasteiger partial charge in [-0.3, -0.25) is 9.63 Å². The number of ether oxygens (including phenoxy) is 1. The number of carbonyl (C=O) groups excluding carboxylic acids is 1. The van der Waals surface area contributed by atoms with Crippen LogP contribution in [0.5, 0.6) is 5.75 Å². The van der Waals surface area contributed by atoms with Crippen LogP contribution in [0.4, 0.5) is 5.95 Å². The molecule has 1 saturated heterocycles. The monoisotopic (exact) mass is 480 g/mol. The number of nitrogens with zero attached hydrogens (tertiary/aromatic N) is 4. The quantitative estimate of drug-likeness (QED) is 0.413. The highest BCUT2D eigenvalue weighted by Crippen LogP contribution is 2.25. The Morgan fingerprint density at radius 3 is 2.40 bits per heavy atom. The van der Waals surface area contributed by atoms with E-state index in [1.54, 1.807) is 7.05 Å². The molecule has 7 heteroatoms. The Hall–Kier alpha value is -2.93. The molecule has 0 N–H and O–H groups in total. The van der Waals surface area contributed by atoms with Gasteiger partial charge in [0.1, 0.15) is 5.75 Å². The van der Waals surface area contributed by atoms with Crippen LogP contribution in [0.25, 0.3) is 5.57 Å². The fraction of sp³-hybridized carbons (Fsp3) is 0.536. The lowest BCUT2D eigenvalue weighted by atomic mass is 9.98. The van der Waals surface area contributed by atoms with Crippen molar-refractivity contribution in [3.05, 3.63) is 53.9 Å². The van der Waals surface area contributed by atoms with Crippen molar-refractivity contribution in [3.8, 4) is 5.75 Å². The first-order valence-corrected chi connectivity index (χ1v) is 12.7. The van der Waals surface area contributed by atoms with Crippen LogP contribution >= 0.6 is 0 Å². The third kappa shape index (κ3) is 7.52. The number of hydroxylamine groups is 2. The molecule has 1 amide bonds. The molecule has 0 radical (unpaired) electrons. The van der Waals surface area contributed by atoms with Gasteiger partial charge in [-0.2, -0.15) is 0 Å². The third-order valence-corrected chi connectivity index (χ3v) is 6.81. The molecular weight excluding hydrogens is 440 g/mol. The normalized spacial score (nSPS) is 15.7. The van der Waals surface area contributed by atoms with Gasteiger partial charge < -0.3 is 9.64 Å². The maximum absolute atomic E-state index is 12.2. The number of carbonyl (C=O) groups is 1. The number of piperidine rings is 1. The molecule has 1 aromatic heterocycles. The zero-order chi connectivity index (χ0) is 25.2. The predicted molar refractivity (Wildman–Crippen MR) is 140 cm³/mol. The van der Waals surface area contributed by atoms with E-state index in [4.69, 9.17) is 9.57 Å². The van der Waals surface area contributed by atoms with Crippen LogP contribution in [0, 0.1) is 11.8 Å². The summed E-state index contributed by atoms with van der Waals surface area (Å²) < 4.78 is 6.12. The standard InChI is InChI=1S/C28H40N4O3/c1-6-22-18-29-28(30-19-22)32-16-14-23(15-17-32)20-35-26-12-10-25(11-13-26)24(7-2)9-8-21(3)27(33)31(4)34-5/h9-13,18-19,21,23H,6-8,14-17,20H2,1-5H3/b24-9+/t21-/m0/s1. The van der Waals surface area contributed by atoms with E-state index in [0.717, 1.165) is 57.1 Å². The van der Waals surface area contributed by atoms with Gasteiger partial charge in [0.25, 0.3) is 0 Å². The summed E-state index contributed by atoms with van der Waals surface area (Å²) in [5.41, 5.74) is 3.57. The van der Waals surface area contributed by atoms with E-state index in [1.165, 1.54) is 28.9 Å². The van der Waals surface area contributed by atoms with Gasteiger partial charge in [0, 0.05) is 38.4 Å². The fourth-order valence-corrected chi connectivity index (χ4v) is 4.26. The second-order valence-corrected chi connectivity index (χ2v) is 9.25. The molecule has 0 unspecified atom stereocenters. The first-order chi connectivity index (χ1) is 16.9. The molecule has 2 aromatic rings. The maximum Gasteiger partial charge on any atom is 0.248 e. The van der Waals surface area contributed by atoms with Gasteiger partial charge >= 0.3 is 0 Å². The highest BCUT2D eigenvalue weighted by Gasteiger charge is 2.21. The number of aryl methyl sites for hydroxylation is 1. The topological polar surface area (TPSA) is 67.8 Å². The summed E-state index contributed by atoms with van der Waals surface area (Å²) >= 11 is 0. The van der Waals surface area contributed by atoms with Gasteiger partial charge in [-0.1, -0.05) is 39.0 Å². The molecule has 0 saturated carbocycles. The van der Waals surface area contributed by atoms with Gasteiger partial charge in [-0.25, -0.2) is 15.0 Å². The Kier molecular flexibility index (Phi) is 10.1. The van der Waals surface area contributed by atoms with Gasteiger partial charge in [0.2, 0.25) is 11.9 Å². The van der Waals surface area contributed by atoms with Crippen LogP contribution in [-0.2, 0) is 16.1 Å². The van der Waals surface area contributed by atoms with Crippen molar-refractivity contribution >= 4 is 17.4 Å². The largest absolute Gasteiger partial charge is 0.493 e. The summed E-state index contributed by atoms with van der Waals surface area (Å²) in [4.78, 5) is 28.5. The summed E-state index contributed by atoms with van der Waals surface area (Å²) in [6.45, 7) is 8.84. The molecule has 0 spiro atoms. The Morgan fingerprint density at radius 1 is 1.17 bits per heavy atom. The molecule has 2 heterocycles. The van der Waals surface area contributed by atoms with Crippen molar-refractivity contribution in [2.24, 2.45) is 11.8 Å². The van der Waals surface area contributed by atoms with E-state index in [1.807, 2.05) is 31.5 Å². The zero-order valence-electron chi connectivity index (χ0n) is 21.9. The number of hydrogen-bond acceptors (Lipinski definition) is 6. The van der Waals surface area contributed by atoms with Crippen LogP contribution in [0.3, 0.4) is 0 Å². The summed E-state index contributed by atoms with van der Waals surface area (Å²) in [5, 5.41) is 1.29. The maximum atomic E-state index is 12.2. The first-order valence-electron chi connectivity index (χ1n) is 12.7. The lowest BCUT2D eigenvalue weighted by Gasteiger charge is -2.31. The molecule has 7 nitrogen and oxygen atoms in total. The lowest BCUT2D eigenvalue weighted by molar-refractivity contribution is -0.172. The molecule has 1 aliphatic rings. The minimum absolute atomic E-state index is 0.0179. The Balaban J connectivity index is 1.47. The van der Waals surface area contributed by atoms with Crippen molar-refractivity contribution < 1.29 is 14.4 Å². The van der Waals surface area contributed by atoms with E-state index >= 15 is 0 Å². The van der Waals surface area contributed by atoms with Crippen molar-refractivity contribution in [1.82, 2.24) is 15.0 Å². The highest BCUT2D eigenvalue weighted by atomic mass is 16.7. The molecule has 1 aliphatic heterocycles. The molecule has 3 rings (SSSR count). The van der Waals surface area contributed by atoms with E-state index < -0.39 is 0 Å². The first kappa shape index (κ1) is 26.7. The number of rotatable bonds is 11. The minimum Gasteiger partial charge on any atom is -0.493 e. The molecule has 1 aromatic carbocycles. The van der Waals surface area contributed by atoms with Crippen molar-refractivity contribution in [3.63, 3.8) is 0 Å². The molecule has 0 bridgehead atoms. The molecule has 0 aliphatic carbocycles. The molecular formula is C28H40N4O3. The second kappa shape index (κ2) is 13.2. The fourth-order valence-electron chi connectivity index (χ4n) is 4.26. The number of allylic oxidation sites excluding steroid dienone is 2. The van der Waals surface area contributed by atoms with E-state index in [2.05, 4.69) is 46.9 Å². The van der Waals surface area contributed by atoms with Gasteiger partial charge in [-0.15, -0.1) is 0 Å². The smallest absolute Gasteiger partial charge is 0.248 e. The van der Waals surface area contributed by atoms with Crippen molar-refractivity contribution in [2.75, 3.05) is 38.8 Å². The van der Waals surface area contributed by atoms with E-state index in [0.29, 0.717) is 12.3 Å². The van der Waals surface area contributed by atoms with Crippen molar-refractivity contribution in [2.45, 2.75) is 52.9 Å². The average molecular weight is 481 g/mol. The molecule has 1 atom stereocenters. The zero-order valence-corrected chi connectivity index (χ0v) is 21.9. The SMILES string of the molecule is CC/C(=C\C[C@H](C)C(=O)N(C)OC)c1ccc(OCC2CCN(c3ncc(CC)cn3)CC2)cc1. The summed E-state index contributed by atoms with van der Waals surface area (Å²) in [7, 11) is 3.15. The van der Waals surface area contributed by atoms with E-state index in [9.17, 15) is 4.79 Å². The van der Waals surface area contributed by atoms with Gasteiger partial charge in [0.15, 0.2) is 0 Å². The van der Waals surface area contributed by atoms with Crippen LogP contribution in [0.2, 0.25) is 0 Å². The van der Waals surface area contributed by atoms with Gasteiger partial charge in [0.05, 0.1) is 13.7 Å². The summed E-state index contributed by atoms with van der Waals surface area (Å²) in [6, 6.07) is 8.31. The minimum atomic E-state index is -0.127. The van der Waals surface area contributed by atoms with Crippen LogP contribution in [0.1, 0.15) is 57.6 Å².